The van der Waals surface area contributed by atoms with E-state index in [0.29, 0.717) is 33.9 Å². The molecule has 9 heteroatoms. The summed E-state index contributed by atoms with van der Waals surface area (Å²) >= 11 is 14.6. The van der Waals surface area contributed by atoms with Crippen LogP contribution in [0.4, 0.5) is 0 Å². The van der Waals surface area contributed by atoms with Crippen molar-refractivity contribution >= 4 is 40.4 Å². The van der Waals surface area contributed by atoms with Crippen LogP contribution in [-0.2, 0) is 6.54 Å². The molecule has 0 spiro atoms. The first kappa shape index (κ1) is 29.9. The number of rotatable bonds is 6. The molecule has 4 heterocycles. The van der Waals surface area contributed by atoms with E-state index in [-0.39, 0.29) is 5.91 Å². The summed E-state index contributed by atoms with van der Waals surface area (Å²) in [5.41, 5.74) is 8.19. The van der Waals surface area contributed by atoms with Gasteiger partial charge in [-0.3, -0.25) is 15.1 Å². The summed E-state index contributed by atoms with van der Waals surface area (Å²) in [6.45, 7) is 8.62. The van der Waals surface area contributed by atoms with E-state index in [4.69, 9.17) is 28.3 Å². The van der Waals surface area contributed by atoms with Crippen LogP contribution in [0.3, 0.4) is 0 Å². The molecule has 4 aromatic rings. The molecule has 2 aromatic heterocycles. The second-order valence-corrected chi connectivity index (χ2v) is 13.5. The molecule has 2 saturated heterocycles. The minimum absolute atomic E-state index is 0.190. The van der Waals surface area contributed by atoms with E-state index >= 15 is 0 Å². The fraction of sp³-hybridized carbons (Fsp3) is 0.353. The molecule has 6 nitrogen and oxygen atoms in total. The number of aromatic nitrogens is 2. The second-order valence-electron chi connectivity index (χ2n) is 11.6. The summed E-state index contributed by atoms with van der Waals surface area (Å²) in [7, 11) is 0. The molecule has 0 saturated carbocycles. The largest absolute Gasteiger partial charge is 0.299 e. The van der Waals surface area contributed by atoms with E-state index in [9.17, 15) is 4.79 Å². The molecule has 0 bridgehead atoms. The third kappa shape index (κ3) is 7.01. The Hall–Kier alpha value is -3.12. The summed E-state index contributed by atoms with van der Waals surface area (Å²) in [5, 5.41) is 8.01. The van der Waals surface area contributed by atoms with Gasteiger partial charge in [0, 0.05) is 42.3 Å². The Morgan fingerprint density at radius 2 is 1.81 bits per heavy atom. The van der Waals surface area contributed by atoms with Crippen LogP contribution >= 0.6 is 34.5 Å². The van der Waals surface area contributed by atoms with Gasteiger partial charge in [0.1, 0.15) is 0 Å². The van der Waals surface area contributed by atoms with Gasteiger partial charge in [-0.1, -0.05) is 66.1 Å². The molecule has 1 amide bonds. The zero-order valence-corrected chi connectivity index (χ0v) is 26.8. The first-order chi connectivity index (χ1) is 20.8. The van der Waals surface area contributed by atoms with Crippen molar-refractivity contribution in [3.05, 3.63) is 91.9 Å². The van der Waals surface area contributed by atoms with Crippen LogP contribution in [0.15, 0.2) is 54.6 Å². The fourth-order valence-electron chi connectivity index (χ4n) is 5.76. The first-order valence-electron chi connectivity index (χ1n) is 14.9. The number of carbonyl (C=O) groups excluding carboxylic acids is 1. The van der Waals surface area contributed by atoms with Crippen LogP contribution < -0.4 is 5.43 Å². The molecule has 2 aromatic carbocycles. The number of hydrogen-bond acceptors (Lipinski definition) is 5. The maximum absolute atomic E-state index is 13.9. The number of piperidine rings is 1. The lowest BCUT2D eigenvalue weighted by molar-refractivity contribution is 0.0742. The van der Waals surface area contributed by atoms with Crippen molar-refractivity contribution < 1.29 is 4.79 Å². The summed E-state index contributed by atoms with van der Waals surface area (Å²) in [4.78, 5) is 18.2. The van der Waals surface area contributed by atoms with Gasteiger partial charge in [0.05, 0.1) is 26.2 Å². The Bertz CT molecular complexity index is 1680. The van der Waals surface area contributed by atoms with Crippen molar-refractivity contribution in [3.63, 3.8) is 0 Å². The standard InChI is InChI=1S/C34H35Cl2N5OS/c1-23-6-8-25(9-7-23)10-12-27-13-15-31(43-27)33-28(22-39-19-16-24(2)21-39)32(34(42)38-40-17-4-3-5-18-40)37-41(33)30-14-11-26(35)20-29(30)36/h6-9,11,13-15,20,24H,3-5,16-19,21-22H2,1-2H3,(H,38,42). The van der Waals surface area contributed by atoms with E-state index < -0.39 is 0 Å². The van der Waals surface area contributed by atoms with Crippen molar-refractivity contribution in [1.29, 1.82) is 0 Å². The number of carbonyl (C=O) groups is 1. The van der Waals surface area contributed by atoms with Gasteiger partial charge in [0.15, 0.2) is 5.69 Å². The molecule has 0 radical (unpaired) electrons. The average molecular weight is 633 g/mol. The smallest absolute Gasteiger partial charge is 0.286 e. The number of halogens is 2. The molecule has 222 valence electrons. The van der Waals surface area contributed by atoms with Gasteiger partial charge in [-0.25, -0.2) is 9.69 Å². The van der Waals surface area contributed by atoms with Crippen LogP contribution in [0.25, 0.3) is 16.3 Å². The van der Waals surface area contributed by atoms with Crippen LogP contribution in [0.1, 0.15) is 64.7 Å². The highest BCUT2D eigenvalue weighted by Gasteiger charge is 2.30. The molecule has 1 atom stereocenters. The van der Waals surface area contributed by atoms with Crippen molar-refractivity contribution in [3.8, 4) is 28.1 Å². The number of nitrogens with one attached hydrogen (secondary N) is 1. The summed E-state index contributed by atoms with van der Waals surface area (Å²) in [6.07, 6.45) is 4.46. The Balaban J connectivity index is 1.45. The van der Waals surface area contributed by atoms with Gasteiger partial charge in [-0.05, 0) is 81.1 Å². The van der Waals surface area contributed by atoms with Gasteiger partial charge in [-0.15, -0.1) is 11.3 Å². The highest BCUT2D eigenvalue weighted by molar-refractivity contribution is 7.16. The molecule has 0 aliphatic carbocycles. The molecule has 1 N–H and O–H groups in total. The first-order valence-corrected chi connectivity index (χ1v) is 16.5. The van der Waals surface area contributed by atoms with Gasteiger partial charge in [0.2, 0.25) is 0 Å². The number of hydrazine groups is 1. The summed E-state index contributed by atoms with van der Waals surface area (Å²) in [6, 6.07) is 17.7. The number of aryl methyl sites for hydroxylation is 1. The van der Waals surface area contributed by atoms with E-state index in [2.05, 4.69) is 54.2 Å². The van der Waals surface area contributed by atoms with Gasteiger partial charge < -0.3 is 0 Å². The van der Waals surface area contributed by atoms with Crippen LogP contribution in [0, 0.1) is 24.7 Å². The Labute approximate surface area is 267 Å². The summed E-state index contributed by atoms with van der Waals surface area (Å²) < 4.78 is 1.82. The quantitative estimate of drug-likeness (QED) is 0.223. The Kier molecular flexibility index (Phi) is 9.22. The van der Waals surface area contributed by atoms with Crippen LogP contribution in [0.5, 0.6) is 0 Å². The minimum Gasteiger partial charge on any atom is -0.299 e. The topological polar surface area (TPSA) is 53.4 Å². The number of nitrogens with zero attached hydrogens (tertiary/aromatic N) is 4. The zero-order valence-electron chi connectivity index (χ0n) is 24.5. The lowest BCUT2D eigenvalue weighted by atomic mass is 10.1. The lowest BCUT2D eigenvalue weighted by Crippen LogP contribution is -2.45. The molecule has 1 unspecified atom stereocenters. The number of amides is 1. The van der Waals surface area contributed by atoms with E-state index in [1.165, 1.54) is 12.0 Å². The SMILES string of the molecule is Cc1ccc(C#Cc2ccc(-c3c(CN4CCC(C)C4)c(C(=O)NN4CCCCC4)nn3-c3ccc(Cl)cc3Cl)s2)cc1. The number of hydrogen-bond donors (Lipinski definition) is 1. The molecule has 2 aliphatic heterocycles. The summed E-state index contributed by atoms with van der Waals surface area (Å²) in [5.74, 6) is 7.04. The monoisotopic (exact) mass is 631 g/mol. The van der Waals surface area contributed by atoms with E-state index in [0.717, 1.165) is 72.0 Å². The molecule has 43 heavy (non-hydrogen) atoms. The van der Waals surface area contributed by atoms with Gasteiger partial charge >= 0.3 is 0 Å². The molecular weight excluding hydrogens is 597 g/mol. The van der Waals surface area contributed by atoms with Crippen LogP contribution in [0.2, 0.25) is 10.0 Å². The minimum atomic E-state index is -0.190. The molecule has 2 fully saturated rings. The van der Waals surface area contributed by atoms with Crippen molar-refractivity contribution in [2.24, 2.45) is 5.92 Å². The zero-order chi connectivity index (χ0) is 29.9. The number of likely N-dealkylation sites (tertiary alicyclic amines) is 1. The third-order valence-electron chi connectivity index (χ3n) is 8.06. The van der Waals surface area contributed by atoms with Gasteiger partial charge in [0.25, 0.3) is 5.91 Å². The van der Waals surface area contributed by atoms with Gasteiger partial charge in [-0.2, -0.15) is 5.10 Å². The second kappa shape index (κ2) is 13.3. The molecule has 2 aliphatic rings. The maximum Gasteiger partial charge on any atom is 0.286 e. The predicted molar refractivity (Wildman–Crippen MR) is 176 cm³/mol. The number of benzene rings is 2. The van der Waals surface area contributed by atoms with Crippen molar-refractivity contribution in [1.82, 2.24) is 25.1 Å². The van der Waals surface area contributed by atoms with Crippen molar-refractivity contribution in [2.75, 3.05) is 26.2 Å². The predicted octanol–water partition coefficient (Wildman–Crippen LogP) is 7.59. The van der Waals surface area contributed by atoms with E-state index in [1.54, 1.807) is 23.5 Å². The third-order valence-corrected chi connectivity index (χ3v) is 9.61. The van der Waals surface area contributed by atoms with Crippen molar-refractivity contribution in [2.45, 2.75) is 46.1 Å². The Morgan fingerprint density at radius 1 is 1.02 bits per heavy atom. The average Bonchev–Trinajstić information content (AvgIpc) is 3.72. The lowest BCUT2D eigenvalue weighted by Gasteiger charge is -2.26. The molecular formula is C34H35Cl2N5OS. The fourth-order valence-corrected chi connectivity index (χ4v) is 7.17. The normalized spacial score (nSPS) is 17.5. The molecule has 6 rings (SSSR count). The Morgan fingerprint density at radius 3 is 2.53 bits per heavy atom. The van der Waals surface area contributed by atoms with Crippen LogP contribution in [-0.4, -0.2) is 51.8 Å². The highest BCUT2D eigenvalue weighted by atomic mass is 35.5. The van der Waals surface area contributed by atoms with E-state index in [1.807, 2.05) is 34.0 Å². The highest BCUT2D eigenvalue weighted by Crippen LogP contribution is 2.37. The number of thiophene rings is 1. The maximum atomic E-state index is 13.9.